The molecule has 1 amide bonds. The van der Waals surface area contributed by atoms with Crippen LogP contribution >= 0.6 is 0 Å². The fraction of sp³-hybridized carbons (Fsp3) is 0.571. The van der Waals surface area contributed by atoms with E-state index in [0.717, 1.165) is 17.7 Å². The topological polar surface area (TPSA) is 81.9 Å². The molecule has 0 aliphatic carbocycles. The minimum atomic E-state index is -0.443. The van der Waals surface area contributed by atoms with Gasteiger partial charge in [-0.1, -0.05) is 0 Å². The molecule has 0 saturated carbocycles. The summed E-state index contributed by atoms with van der Waals surface area (Å²) in [5, 5.41) is 20.3. The average Bonchev–Trinajstić information content (AvgIpc) is 2.84. The summed E-state index contributed by atoms with van der Waals surface area (Å²) in [7, 11) is 1.65. The number of nitriles is 1. The van der Waals surface area contributed by atoms with E-state index >= 15 is 0 Å². The number of amides is 1. The lowest BCUT2D eigenvalue weighted by Gasteiger charge is -2.23. The number of carbonyl (C=O) groups is 1. The Morgan fingerprint density at radius 2 is 2.15 bits per heavy atom. The van der Waals surface area contributed by atoms with Crippen LogP contribution in [0.2, 0.25) is 0 Å². The highest BCUT2D eigenvalue weighted by atomic mass is 16.2. The first-order chi connectivity index (χ1) is 9.42. The second kappa shape index (κ2) is 5.08. The highest BCUT2D eigenvalue weighted by Crippen LogP contribution is 2.34. The van der Waals surface area contributed by atoms with Crippen LogP contribution in [0.4, 0.5) is 5.82 Å². The van der Waals surface area contributed by atoms with Crippen molar-refractivity contribution in [1.82, 2.24) is 15.5 Å². The molecule has 6 heteroatoms. The van der Waals surface area contributed by atoms with Crippen LogP contribution in [0.15, 0.2) is 0 Å². The van der Waals surface area contributed by atoms with Gasteiger partial charge in [0.25, 0.3) is 0 Å². The zero-order chi connectivity index (χ0) is 14.9. The highest BCUT2D eigenvalue weighted by Gasteiger charge is 2.41. The number of rotatable bonds is 2. The third-order valence-electron chi connectivity index (χ3n) is 4.10. The summed E-state index contributed by atoms with van der Waals surface area (Å²) in [5.74, 6) is 0.610. The monoisotopic (exact) mass is 273 g/mol. The molecule has 1 aliphatic rings. The molecule has 1 fully saturated rings. The van der Waals surface area contributed by atoms with Gasteiger partial charge in [-0.25, -0.2) is 0 Å². The number of anilines is 1. The van der Waals surface area contributed by atoms with Gasteiger partial charge in [-0.15, -0.1) is 5.10 Å². The predicted octanol–water partition coefficient (Wildman–Crippen LogP) is 0.928. The Bertz CT molecular complexity index is 592. The molecule has 1 N–H and O–H groups in total. The maximum atomic E-state index is 11.9. The van der Waals surface area contributed by atoms with Crippen LogP contribution in [-0.2, 0) is 4.79 Å². The molecular formula is C14H19N5O. The van der Waals surface area contributed by atoms with Crippen molar-refractivity contribution in [1.29, 1.82) is 5.26 Å². The summed E-state index contributed by atoms with van der Waals surface area (Å²) in [5.41, 5.74) is 1.73. The Morgan fingerprint density at radius 1 is 1.45 bits per heavy atom. The first-order valence-corrected chi connectivity index (χ1v) is 6.64. The van der Waals surface area contributed by atoms with Gasteiger partial charge in [-0.3, -0.25) is 4.79 Å². The van der Waals surface area contributed by atoms with Gasteiger partial charge in [-0.05, 0) is 32.8 Å². The molecule has 0 radical (unpaired) electrons. The quantitative estimate of drug-likeness (QED) is 0.866. The van der Waals surface area contributed by atoms with Gasteiger partial charge < -0.3 is 10.2 Å². The van der Waals surface area contributed by atoms with Crippen LogP contribution in [0.1, 0.15) is 30.2 Å². The van der Waals surface area contributed by atoms with E-state index in [9.17, 15) is 10.1 Å². The van der Waals surface area contributed by atoms with Gasteiger partial charge in [0.2, 0.25) is 5.91 Å². The van der Waals surface area contributed by atoms with E-state index in [-0.39, 0.29) is 5.91 Å². The third-order valence-corrected chi connectivity index (χ3v) is 4.10. The normalized spacial score (nSPS) is 21.6. The van der Waals surface area contributed by atoms with E-state index in [2.05, 4.69) is 21.6 Å². The second-order valence-electron chi connectivity index (χ2n) is 5.53. The average molecular weight is 273 g/mol. The van der Waals surface area contributed by atoms with Crippen molar-refractivity contribution in [3.63, 3.8) is 0 Å². The van der Waals surface area contributed by atoms with Crippen molar-refractivity contribution in [2.75, 3.05) is 25.0 Å². The Hall–Kier alpha value is -2.16. The van der Waals surface area contributed by atoms with E-state index in [4.69, 9.17) is 0 Å². The number of hydrogen-bond donors (Lipinski definition) is 1. The number of nitrogens with one attached hydrogen (secondary N) is 1. The van der Waals surface area contributed by atoms with Gasteiger partial charge in [0.1, 0.15) is 11.6 Å². The smallest absolute Gasteiger partial charge is 0.227 e. The zero-order valence-corrected chi connectivity index (χ0v) is 12.3. The first-order valence-electron chi connectivity index (χ1n) is 6.64. The lowest BCUT2D eigenvalue weighted by molar-refractivity contribution is -0.128. The van der Waals surface area contributed by atoms with Crippen LogP contribution in [-0.4, -0.2) is 36.2 Å². The summed E-state index contributed by atoms with van der Waals surface area (Å²) in [6, 6.07) is 2.21. The van der Waals surface area contributed by atoms with Crippen LogP contribution in [0.5, 0.6) is 0 Å². The highest BCUT2D eigenvalue weighted by molar-refractivity contribution is 5.83. The number of aryl methyl sites for hydroxylation is 1. The Balaban J connectivity index is 2.34. The molecule has 1 unspecified atom stereocenters. The summed E-state index contributed by atoms with van der Waals surface area (Å²) in [6.45, 7) is 6.91. The fourth-order valence-electron chi connectivity index (χ4n) is 2.58. The Morgan fingerprint density at radius 3 is 2.75 bits per heavy atom. The van der Waals surface area contributed by atoms with Crippen LogP contribution < -0.4 is 10.2 Å². The van der Waals surface area contributed by atoms with Gasteiger partial charge in [0.05, 0.1) is 11.1 Å². The van der Waals surface area contributed by atoms with E-state index < -0.39 is 5.41 Å². The summed E-state index contributed by atoms with van der Waals surface area (Å²) in [6.07, 6.45) is 0.742. The molecule has 106 valence electrons. The molecule has 6 nitrogen and oxygen atoms in total. The maximum absolute atomic E-state index is 11.9. The van der Waals surface area contributed by atoms with Crippen LogP contribution in [0.3, 0.4) is 0 Å². The standard InChI is InChI=1S/C14H19N5O/c1-9-10(2)17-18-12(11(9)7-15)19-6-5-14(3,8-19)13(20)16-4/h5-6,8H2,1-4H3,(H,16,20). The molecule has 1 saturated heterocycles. The second-order valence-corrected chi connectivity index (χ2v) is 5.53. The summed E-state index contributed by atoms with van der Waals surface area (Å²) >= 11 is 0. The first kappa shape index (κ1) is 14.3. The molecule has 20 heavy (non-hydrogen) atoms. The molecule has 1 atom stereocenters. The van der Waals surface area contributed by atoms with Crippen molar-refractivity contribution >= 4 is 11.7 Å². The predicted molar refractivity (Wildman–Crippen MR) is 75.2 cm³/mol. The molecule has 1 aromatic heterocycles. The molecule has 2 heterocycles. The Labute approximate surface area is 118 Å². The van der Waals surface area contributed by atoms with Crippen molar-refractivity contribution in [2.24, 2.45) is 5.41 Å². The molecular weight excluding hydrogens is 254 g/mol. The lowest BCUT2D eigenvalue weighted by Crippen LogP contribution is -2.39. The van der Waals surface area contributed by atoms with Crippen molar-refractivity contribution in [3.8, 4) is 6.07 Å². The number of hydrogen-bond acceptors (Lipinski definition) is 5. The minimum absolute atomic E-state index is 0.0234. The maximum Gasteiger partial charge on any atom is 0.227 e. The fourth-order valence-corrected chi connectivity index (χ4v) is 2.58. The number of nitrogens with zero attached hydrogens (tertiary/aromatic N) is 4. The Kier molecular flexibility index (Phi) is 3.62. The van der Waals surface area contributed by atoms with Crippen molar-refractivity contribution in [3.05, 3.63) is 16.8 Å². The summed E-state index contributed by atoms with van der Waals surface area (Å²) < 4.78 is 0. The van der Waals surface area contributed by atoms with E-state index in [1.807, 2.05) is 25.7 Å². The van der Waals surface area contributed by atoms with Gasteiger partial charge in [0, 0.05) is 20.1 Å². The van der Waals surface area contributed by atoms with Crippen LogP contribution in [0.25, 0.3) is 0 Å². The molecule has 0 bridgehead atoms. The van der Waals surface area contributed by atoms with Gasteiger partial charge in [0.15, 0.2) is 5.82 Å². The van der Waals surface area contributed by atoms with Crippen LogP contribution in [0, 0.1) is 30.6 Å². The number of carbonyl (C=O) groups excluding carboxylic acids is 1. The molecule has 0 aromatic carbocycles. The zero-order valence-electron chi connectivity index (χ0n) is 12.3. The van der Waals surface area contributed by atoms with Crippen molar-refractivity contribution < 1.29 is 4.79 Å². The lowest BCUT2D eigenvalue weighted by atomic mass is 9.89. The molecule has 0 spiro atoms. The molecule has 1 aromatic rings. The largest absolute Gasteiger partial charge is 0.359 e. The minimum Gasteiger partial charge on any atom is -0.359 e. The van der Waals surface area contributed by atoms with Gasteiger partial charge >= 0.3 is 0 Å². The summed E-state index contributed by atoms with van der Waals surface area (Å²) in [4.78, 5) is 13.9. The third kappa shape index (κ3) is 2.20. The van der Waals surface area contributed by atoms with E-state index in [1.54, 1.807) is 7.05 Å². The van der Waals surface area contributed by atoms with E-state index in [0.29, 0.717) is 24.5 Å². The number of aromatic nitrogens is 2. The SMILES string of the molecule is CNC(=O)C1(C)CCN(c2nnc(C)c(C)c2C#N)C1. The molecule has 1 aliphatic heterocycles. The van der Waals surface area contributed by atoms with Crippen molar-refractivity contribution in [2.45, 2.75) is 27.2 Å². The van der Waals surface area contributed by atoms with Gasteiger partial charge in [-0.2, -0.15) is 10.4 Å². The van der Waals surface area contributed by atoms with E-state index in [1.165, 1.54) is 0 Å². The molecule has 2 rings (SSSR count).